The number of aliphatic hydroxyl groups is 1. The van der Waals surface area contributed by atoms with Crippen LogP contribution in [0.1, 0.15) is 0 Å². The molecule has 0 aliphatic rings. The van der Waals surface area contributed by atoms with Crippen LogP contribution in [0.2, 0.25) is 0 Å². The molecule has 0 bridgehead atoms. The molecule has 0 atom stereocenters. The van der Waals surface area contributed by atoms with Gasteiger partial charge in [-0.3, -0.25) is 8.42 Å². The van der Waals surface area contributed by atoms with Crippen molar-refractivity contribution in [1.29, 1.82) is 0 Å². The van der Waals surface area contributed by atoms with Gasteiger partial charge in [-0.2, -0.15) is 0 Å². The van der Waals surface area contributed by atoms with Crippen molar-refractivity contribution in [1.82, 2.24) is 0 Å². The van der Waals surface area contributed by atoms with E-state index in [-0.39, 0.29) is 65.7 Å². The van der Waals surface area contributed by atoms with Crippen molar-refractivity contribution in [3.8, 4) is 0 Å². The van der Waals surface area contributed by atoms with Crippen LogP contribution in [0.3, 0.4) is 0 Å². The summed E-state index contributed by atoms with van der Waals surface area (Å²) in [5.41, 5.74) is 0. The fraction of sp³-hybridized carbons (Fsp3) is 0.333. The Kier molecular flexibility index (Phi) is 29.4. The first-order chi connectivity index (χ1) is 3.91. The van der Waals surface area contributed by atoms with Crippen LogP contribution in [-0.4, -0.2) is 29.2 Å². The molecular formula is C3H6Na2O5S. The van der Waals surface area contributed by atoms with Crippen molar-refractivity contribution < 1.29 is 81.7 Å². The van der Waals surface area contributed by atoms with E-state index in [1.807, 2.05) is 0 Å². The third kappa shape index (κ3) is 160. The molecule has 0 spiro atoms. The number of hydrogen-bond donors (Lipinski definition) is 1. The van der Waals surface area contributed by atoms with E-state index in [1.54, 1.807) is 0 Å². The van der Waals surface area contributed by atoms with E-state index in [4.69, 9.17) is 22.6 Å². The normalized spacial score (nSPS) is 7.55. The molecule has 0 rings (SSSR count). The van der Waals surface area contributed by atoms with Gasteiger partial charge in [-0.25, -0.2) is 0 Å². The van der Waals surface area contributed by atoms with Crippen molar-refractivity contribution in [3.63, 3.8) is 0 Å². The Bertz CT molecular complexity index is 145. The summed E-state index contributed by atoms with van der Waals surface area (Å²) in [6, 6.07) is 0. The van der Waals surface area contributed by atoms with Gasteiger partial charge in [0.25, 0.3) is 0 Å². The number of rotatable bonds is 1. The summed E-state index contributed by atoms with van der Waals surface area (Å²) in [5, 5.41) is 7.76. The maximum absolute atomic E-state index is 8.52. The minimum absolute atomic E-state index is 0. The molecule has 0 radical (unpaired) electrons. The molecule has 0 unspecified atom stereocenters. The van der Waals surface area contributed by atoms with Gasteiger partial charge in [0.1, 0.15) is 0 Å². The zero-order chi connectivity index (χ0) is 7.91. The minimum atomic E-state index is -5.17. The molecule has 0 aliphatic carbocycles. The molecule has 0 aromatic carbocycles. The maximum atomic E-state index is 8.52. The number of hydrogen-bond acceptors (Lipinski definition) is 5. The molecular weight excluding hydrogens is 194 g/mol. The molecule has 0 aliphatic heterocycles. The van der Waals surface area contributed by atoms with Crippen LogP contribution in [0.5, 0.6) is 0 Å². The van der Waals surface area contributed by atoms with Crippen LogP contribution in [0.4, 0.5) is 0 Å². The summed E-state index contributed by atoms with van der Waals surface area (Å²) in [7, 11) is -5.17. The van der Waals surface area contributed by atoms with Crippen molar-refractivity contribution in [2.75, 3.05) is 6.61 Å². The predicted octanol–water partition coefficient (Wildman–Crippen LogP) is -7.17. The SMILES string of the molecule is C=CCO.O=S(=O)([O-])[O-].[Na+].[Na+]. The quantitative estimate of drug-likeness (QED) is 0.196. The average molecular weight is 200 g/mol. The van der Waals surface area contributed by atoms with Crippen LogP contribution in [0.15, 0.2) is 12.7 Å². The molecule has 0 saturated carbocycles. The van der Waals surface area contributed by atoms with E-state index < -0.39 is 10.4 Å². The summed E-state index contributed by atoms with van der Waals surface area (Å²) in [5.74, 6) is 0. The van der Waals surface area contributed by atoms with Crippen molar-refractivity contribution in [2.45, 2.75) is 0 Å². The molecule has 11 heavy (non-hydrogen) atoms. The zero-order valence-corrected chi connectivity index (χ0v) is 11.3. The van der Waals surface area contributed by atoms with E-state index in [0.717, 1.165) is 0 Å². The van der Waals surface area contributed by atoms with Crippen LogP contribution >= 0.6 is 0 Å². The van der Waals surface area contributed by atoms with E-state index in [9.17, 15) is 0 Å². The Balaban J connectivity index is -0.0000000383. The van der Waals surface area contributed by atoms with Crippen molar-refractivity contribution in [3.05, 3.63) is 12.7 Å². The second-order valence-electron chi connectivity index (χ2n) is 0.879. The molecule has 0 amide bonds. The van der Waals surface area contributed by atoms with Gasteiger partial charge in [-0.05, 0) is 0 Å². The van der Waals surface area contributed by atoms with Gasteiger partial charge >= 0.3 is 59.1 Å². The smallest absolute Gasteiger partial charge is 0.759 e. The van der Waals surface area contributed by atoms with Crippen molar-refractivity contribution >= 4 is 10.4 Å². The molecule has 56 valence electrons. The van der Waals surface area contributed by atoms with E-state index in [1.165, 1.54) is 6.08 Å². The molecule has 0 saturated heterocycles. The molecule has 0 fully saturated rings. The van der Waals surface area contributed by atoms with Crippen LogP contribution in [0, 0.1) is 0 Å². The van der Waals surface area contributed by atoms with Gasteiger partial charge in [0, 0.05) is 10.4 Å². The van der Waals surface area contributed by atoms with Gasteiger partial charge in [0.2, 0.25) is 0 Å². The van der Waals surface area contributed by atoms with E-state index >= 15 is 0 Å². The summed E-state index contributed by atoms with van der Waals surface area (Å²) < 4.78 is 34.1. The molecule has 1 N–H and O–H groups in total. The summed E-state index contributed by atoms with van der Waals surface area (Å²) in [6.45, 7) is 3.31. The first kappa shape index (κ1) is 22.9. The maximum Gasteiger partial charge on any atom is 1.00 e. The fourth-order valence-electron chi connectivity index (χ4n) is 0. The monoisotopic (exact) mass is 200 g/mol. The van der Waals surface area contributed by atoms with Crippen molar-refractivity contribution in [2.24, 2.45) is 0 Å². The second-order valence-corrected chi connectivity index (χ2v) is 1.70. The minimum Gasteiger partial charge on any atom is -0.759 e. The third-order valence-corrected chi connectivity index (χ3v) is 0.129. The Morgan fingerprint density at radius 3 is 1.45 bits per heavy atom. The van der Waals surface area contributed by atoms with Gasteiger partial charge in [-0.15, -0.1) is 6.58 Å². The summed E-state index contributed by atoms with van der Waals surface area (Å²) in [4.78, 5) is 0. The van der Waals surface area contributed by atoms with Gasteiger partial charge in [0.15, 0.2) is 0 Å². The van der Waals surface area contributed by atoms with Gasteiger partial charge < -0.3 is 14.2 Å². The first-order valence-corrected chi connectivity index (χ1v) is 3.13. The first-order valence-electron chi connectivity index (χ1n) is 1.80. The van der Waals surface area contributed by atoms with Gasteiger partial charge in [0.05, 0.1) is 6.61 Å². The zero-order valence-electron chi connectivity index (χ0n) is 6.48. The Morgan fingerprint density at radius 1 is 1.36 bits per heavy atom. The molecule has 0 aromatic heterocycles. The van der Waals surface area contributed by atoms with Crippen LogP contribution in [-0.2, 0) is 10.4 Å². The van der Waals surface area contributed by atoms with Crippen LogP contribution < -0.4 is 59.1 Å². The second kappa shape index (κ2) is 14.1. The van der Waals surface area contributed by atoms with E-state index in [2.05, 4.69) is 6.58 Å². The predicted molar refractivity (Wildman–Crippen MR) is 27.8 cm³/mol. The molecule has 0 heterocycles. The topological polar surface area (TPSA) is 100 Å². The summed E-state index contributed by atoms with van der Waals surface area (Å²) in [6.07, 6.45) is 1.43. The molecule has 8 heteroatoms. The van der Waals surface area contributed by atoms with Crippen LogP contribution in [0.25, 0.3) is 0 Å². The Hall–Kier alpha value is 1.57. The number of aliphatic hydroxyl groups excluding tert-OH is 1. The Morgan fingerprint density at radius 2 is 1.45 bits per heavy atom. The van der Waals surface area contributed by atoms with E-state index in [0.29, 0.717) is 0 Å². The molecule has 0 aromatic rings. The van der Waals surface area contributed by atoms with Gasteiger partial charge in [-0.1, -0.05) is 6.08 Å². The third-order valence-electron chi connectivity index (χ3n) is 0.129. The largest absolute Gasteiger partial charge is 1.00 e. The fourth-order valence-corrected chi connectivity index (χ4v) is 0. The molecule has 5 nitrogen and oxygen atoms in total. The Labute approximate surface area is 110 Å². The standard InChI is InChI=1S/C3H6O.2Na.H2O4S/c1-2-3-4;;;1-5(2,3)4/h2,4H,1,3H2;;;(H2,1,2,3,4)/q;2*+1;/p-2. The summed E-state index contributed by atoms with van der Waals surface area (Å²) >= 11 is 0. The average Bonchev–Trinajstić information content (AvgIpc) is 1.61.